The van der Waals surface area contributed by atoms with Gasteiger partial charge in [0.15, 0.2) is 0 Å². The first-order chi connectivity index (χ1) is 15.8. The molecule has 1 aromatic heterocycles. The normalized spacial score (nSPS) is 17.7. The average molecular weight is 450 g/mol. The van der Waals surface area contributed by atoms with Crippen LogP contribution in [-0.4, -0.2) is 61.2 Å². The molecule has 2 aliphatic rings. The lowest BCUT2D eigenvalue weighted by Crippen LogP contribution is -2.49. The molecule has 1 fully saturated rings. The van der Waals surface area contributed by atoms with Crippen molar-refractivity contribution in [1.82, 2.24) is 9.88 Å². The van der Waals surface area contributed by atoms with E-state index in [1.807, 2.05) is 31.2 Å². The number of aromatic nitrogens is 1. The predicted octanol–water partition coefficient (Wildman–Crippen LogP) is 2.88. The van der Waals surface area contributed by atoms with E-state index in [-0.39, 0.29) is 11.5 Å². The van der Waals surface area contributed by atoms with Gasteiger partial charge in [-0.05, 0) is 50.6 Å². The number of amides is 1. The van der Waals surface area contributed by atoms with Gasteiger partial charge in [-0.25, -0.2) is 4.98 Å². The van der Waals surface area contributed by atoms with E-state index in [0.29, 0.717) is 25.1 Å². The number of nitrogens with zero attached hydrogens (tertiary/aromatic N) is 4. The Balaban J connectivity index is 1.40. The second-order valence-electron chi connectivity index (χ2n) is 9.23. The molecule has 8 heteroatoms. The SMILES string of the molecule is COc1ccc(NC(=O)CN2CCN(c3nc(C)c4c(c3C#N)CC(C)(C)OC4)CC2)cc1. The average Bonchev–Trinajstić information content (AvgIpc) is 2.79. The number of aryl methyl sites for hydroxylation is 1. The molecule has 8 nitrogen and oxygen atoms in total. The Labute approximate surface area is 195 Å². The highest BCUT2D eigenvalue weighted by Gasteiger charge is 2.32. The Morgan fingerprint density at radius 3 is 2.55 bits per heavy atom. The Hall–Kier alpha value is -3.15. The Kier molecular flexibility index (Phi) is 6.54. The summed E-state index contributed by atoms with van der Waals surface area (Å²) in [6, 6.07) is 9.72. The van der Waals surface area contributed by atoms with Crippen molar-refractivity contribution in [1.29, 1.82) is 5.26 Å². The van der Waals surface area contributed by atoms with E-state index < -0.39 is 0 Å². The predicted molar refractivity (Wildman–Crippen MR) is 127 cm³/mol. The molecule has 1 saturated heterocycles. The van der Waals surface area contributed by atoms with Crippen LogP contribution in [0.15, 0.2) is 24.3 Å². The van der Waals surface area contributed by atoms with Crippen molar-refractivity contribution in [3.05, 3.63) is 46.6 Å². The molecule has 2 aliphatic heterocycles. The highest BCUT2D eigenvalue weighted by Crippen LogP contribution is 2.35. The third kappa shape index (κ3) is 5.10. The Bertz CT molecular complexity index is 1070. The molecule has 1 aromatic carbocycles. The largest absolute Gasteiger partial charge is 0.497 e. The molecule has 0 spiro atoms. The quantitative estimate of drug-likeness (QED) is 0.751. The van der Waals surface area contributed by atoms with Crippen molar-refractivity contribution >= 4 is 17.4 Å². The highest BCUT2D eigenvalue weighted by molar-refractivity contribution is 5.92. The van der Waals surface area contributed by atoms with Crippen LogP contribution in [0, 0.1) is 18.3 Å². The first kappa shape index (κ1) is 23.0. The van der Waals surface area contributed by atoms with Gasteiger partial charge in [0, 0.05) is 49.5 Å². The zero-order chi connectivity index (χ0) is 23.6. The maximum atomic E-state index is 12.5. The van der Waals surface area contributed by atoms with Gasteiger partial charge in [0.2, 0.25) is 5.91 Å². The standard InChI is InChI=1S/C25H31N5O3/c1-17-22-16-33-25(2,3)13-20(22)21(14-26)24(27-17)30-11-9-29(10-12-30)15-23(31)28-18-5-7-19(32-4)8-6-18/h5-8H,9-13,15-16H2,1-4H3,(H,28,31). The molecule has 1 amide bonds. The molecule has 0 bridgehead atoms. The summed E-state index contributed by atoms with van der Waals surface area (Å²) in [5.74, 6) is 1.47. The molecule has 0 radical (unpaired) electrons. The number of pyridine rings is 1. The minimum absolute atomic E-state index is 0.0451. The van der Waals surface area contributed by atoms with Crippen molar-refractivity contribution in [2.45, 2.75) is 39.4 Å². The van der Waals surface area contributed by atoms with Crippen LogP contribution < -0.4 is 15.0 Å². The summed E-state index contributed by atoms with van der Waals surface area (Å²) in [6.07, 6.45) is 0.701. The van der Waals surface area contributed by atoms with Crippen LogP contribution in [0.4, 0.5) is 11.5 Å². The van der Waals surface area contributed by atoms with Crippen molar-refractivity contribution < 1.29 is 14.3 Å². The lowest BCUT2D eigenvalue weighted by atomic mass is 9.88. The summed E-state index contributed by atoms with van der Waals surface area (Å²) < 4.78 is 11.1. The second kappa shape index (κ2) is 9.38. The van der Waals surface area contributed by atoms with Crippen LogP contribution in [0.25, 0.3) is 0 Å². The lowest BCUT2D eigenvalue weighted by molar-refractivity contribution is -0.117. The minimum Gasteiger partial charge on any atom is -0.497 e. The maximum Gasteiger partial charge on any atom is 0.238 e. The zero-order valence-corrected chi connectivity index (χ0v) is 19.8. The topological polar surface area (TPSA) is 90.7 Å². The van der Waals surface area contributed by atoms with E-state index in [9.17, 15) is 10.1 Å². The number of fused-ring (bicyclic) bond motifs is 1. The minimum atomic E-state index is -0.292. The van der Waals surface area contributed by atoms with Gasteiger partial charge < -0.3 is 19.7 Å². The molecular weight excluding hydrogens is 418 g/mol. The molecule has 3 heterocycles. The van der Waals surface area contributed by atoms with Crippen LogP contribution in [-0.2, 0) is 22.6 Å². The molecule has 1 N–H and O–H groups in total. The van der Waals surface area contributed by atoms with E-state index in [2.05, 4.69) is 35.0 Å². The van der Waals surface area contributed by atoms with E-state index in [1.165, 1.54) is 0 Å². The van der Waals surface area contributed by atoms with E-state index in [0.717, 1.165) is 60.3 Å². The van der Waals surface area contributed by atoms with Gasteiger partial charge in [0.05, 0.1) is 31.4 Å². The summed E-state index contributed by atoms with van der Waals surface area (Å²) in [5, 5.41) is 12.9. The Morgan fingerprint density at radius 2 is 1.91 bits per heavy atom. The molecule has 0 aliphatic carbocycles. The summed E-state index contributed by atoms with van der Waals surface area (Å²) >= 11 is 0. The molecule has 4 rings (SSSR count). The van der Waals surface area contributed by atoms with Crippen molar-refractivity contribution in [2.75, 3.05) is 50.1 Å². The number of rotatable bonds is 5. The monoisotopic (exact) mass is 449 g/mol. The molecule has 0 saturated carbocycles. The number of hydrogen-bond acceptors (Lipinski definition) is 7. The van der Waals surface area contributed by atoms with Gasteiger partial charge in [-0.3, -0.25) is 9.69 Å². The fraction of sp³-hybridized carbons (Fsp3) is 0.480. The van der Waals surface area contributed by atoms with Crippen molar-refractivity contribution in [3.63, 3.8) is 0 Å². The van der Waals surface area contributed by atoms with Crippen LogP contribution >= 0.6 is 0 Å². The maximum absolute atomic E-state index is 12.5. The lowest BCUT2D eigenvalue weighted by Gasteiger charge is -2.37. The van der Waals surface area contributed by atoms with Crippen LogP contribution in [0.3, 0.4) is 0 Å². The molecular formula is C25H31N5O3. The number of carbonyl (C=O) groups excluding carboxylic acids is 1. The molecule has 0 atom stereocenters. The zero-order valence-electron chi connectivity index (χ0n) is 19.8. The fourth-order valence-corrected chi connectivity index (χ4v) is 4.46. The van der Waals surface area contributed by atoms with Gasteiger partial charge in [0.25, 0.3) is 0 Å². The van der Waals surface area contributed by atoms with E-state index in [1.54, 1.807) is 7.11 Å². The number of nitriles is 1. The second-order valence-corrected chi connectivity index (χ2v) is 9.23. The number of ether oxygens (including phenoxy) is 2. The van der Waals surface area contributed by atoms with Gasteiger partial charge in [0.1, 0.15) is 17.6 Å². The van der Waals surface area contributed by atoms with Gasteiger partial charge >= 0.3 is 0 Å². The van der Waals surface area contributed by atoms with Crippen LogP contribution in [0.5, 0.6) is 5.75 Å². The first-order valence-electron chi connectivity index (χ1n) is 11.3. The number of piperazine rings is 1. The fourth-order valence-electron chi connectivity index (χ4n) is 4.46. The van der Waals surface area contributed by atoms with E-state index >= 15 is 0 Å². The third-order valence-corrected chi connectivity index (χ3v) is 6.33. The smallest absolute Gasteiger partial charge is 0.238 e. The van der Waals surface area contributed by atoms with Crippen LogP contribution in [0.2, 0.25) is 0 Å². The number of anilines is 2. The summed E-state index contributed by atoms with van der Waals surface area (Å²) in [6.45, 7) is 9.82. The van der Waals surface area contributed by atoms with Gasteiger partial charge in [-0.2, -0.15) is 5.26 Å². The Morgan fingerprint density at radius 1 is 1.21 bits per heavy atom. The van der Waals surface area contributed by atoms with E-state index in [4.69, 9.17) is 14.5 Å². The number of nitrogens with one attached hydrogen (secondary N) is 1. The summed E-state index contributed by atoms with van der Waals surface area (Å²) in [5.41, 5.74) is 4.16. The highest BCUT2D eigenvalue weighted by atomic mass is 16.5. The third-order valence-electron chi connectivity index (χ3n) is 6.33. The molecule has 174 valence electrons. The van der Waals surface area contributed by atoms with Gasteiger partial charge in [-0.1, -0.05) is 0 Å². The molecule has 33 heavy (non-hydrogen) atoms. The van der Waals surface area contributed by atoms with Crippen LogP contribution in [0.1, 0.15) is 36.2 Å². The number of hydrogen-bond donors (Lipinski definition) is 1. The number of benzene rings is 1. The number of carbonyl (C=O) groups is 1. The molecule has 2 aromatic rings. The number of methoxy groups -OCH3 is 1. The van der Waals surface area contributed by atoms with Gasteiger partial charge in [-0.15, -0.1) is 0 Å². The molecule has 0 unspecified atom stereocenters. The summed E-state index contributed by atoms with van der Waals surface area (Å²) in [4.78, 5) is 21.6. The summed E-state index contributed by atoms with van der Waals surface area (Å²) in [7, 11) is 1.61. The van der Waals surface area contributed by atoms with Crippen molar-refractivity contribution in [3.8, 4) is 11.8 Å². The first-order valence-corrected chi connectivity index (χ1v) is 11.3. The van der Waals surface area contributed by atoms with Crippen molar-refractivity contribution in [2.24, 2.45) is 0 Å².